The lowest BCUT2D eigenvalue weighted by molar-refractivity contribution is 0.526. The second-order valence-corrected chi connectivity index (χ2v) is 5.45. The molecule has 0 aromatic heterocycles. The van der Waals surface area contributed by atoms with Gasteiger partial charge in [-0.25, -0.2) is 0 Å². The predicted octanol–water partition coefficient (Wildman–Crippen LogP) is 4.12. The van der Waals surface area contributed by atoms with E-state index < -0.39 is 0 Å². The smallest absolute Gasteiger partial charge is 0.00714 e. The van der Waals surface area contributed by atoms with E-state index in [4.69, 9.17) is 5.73 Å². The summed E-state index contributed by atoms with van der Waals surface area (Å²) in [6, 6.07) is 17.6. The van der Waals surface area contributed by atoms with E-state index in [-0.39, 0.29) is 0 Å². The largest absolute Gasteiger partial charge is 0.330 e. The molecule has 98 valence electrons. The zero-order valence-corrected chi connectivity index (χ0v) is 11.3. The molecule has 1 atom stereocenters. The third-order valence-corrected chi connectivity index (χ3v) is 4.21. The number of nitrogens with two attached hydrogens (primary N) is 1. The van der Waals surface area contributed by atoms with Gasteiger partial charge in [0.25, 0.3) is 0 Å². The summed E-state index contributed by atoms with van der Waals surface area (Å²) >= 11 is 0. The molecule has 1 aliphatic rings. The SMILES string of the molecule is NCCC1CCCc2ccc(-c3ccccc3)cc21. The van der Waals surface area contributed by atoms with Gasteiger partial charge in [-0.05, 0) is 60.4 Å². The number of rotatable bonds is 3. The minimum absolute atomic E-state index is 0.664. The van der Waals surface area contributed by atoms with Crippen molar-refractivity contribution in [2.24, 2.45) is 5.73 Å². The van der Waals surface area contributed by atoms with Crippen LogP contribution in [0.2, 0.25) is 0 Å². The topological polar surface area (TPSA) is 26.0 Å². The number of fused-ring (bicyclic) bond motifs is 1. The van der Waals surface area contributed by atoms with E-state index >= 15 is 0 Å². The standard InChI is InChI=1S/C18H21N/c19-12-11-16-8-4-7-15-9-10-17(13-18(15)16)14-5-2-1-3-6-14/h1-3,5-6,9-10,13,16H,4,7-8,11-12,19H2. The fourth-order valence-electron chi connectivity index (χ4n) is 3.21. The number of hydrogen-bond donors (Lipinski definition) is 1. The Morgan fingerprint density at radius 1 is 1.00 bits per heavy atom. The molecule has 0 heterocycles. The first-order valence-corrected chi connectivity index (χ1v) is 7.27. The van der Waals surface area contributed by atoms with Crippen LogP contribution in [0.15, 0.2) is 48.5 Å². The van der Waals surface area contributed by atoms with Crippen molar-refractivity contribution in [3.05, 3.63) is 59.7 Å². The van der Waals surface area contributed by atoms with Gasteiger partial charge in [0, 0.05) is 0 Å². The second-order valence-electron chi connectivity index (χ2n) is 5.45. The van der Waals surface area contributed by atoms with Gasteiger partial charge in [0.1, 0.15) is 0 Å². The van der Waals surface area contributed by atoms with Gasteiger partial charge >= 0.3 is 0 Å². The van der Waals surface area contributed by atoms with Gasteiger partial charge in [-0.2, -0.15) is 0 Å². The summed E-state index contributed by atoms with van der Waals surface area (Å²) in [6.45, 7) is 0.791. The van der Waals surface area contributed by atoms with Crippen LogP contribution in [0.25, 0.3) is 11.1 Å². The summed E-state index contributed by atoms with van der Waals surface area (Å²) in [5.74, 6) is 0.664. The van der Waals surface area contributed by atoms with Gasteiger partial charge in [0.2, 0.25) is 0 Å². The van der Waals surface area contributed by atoms with Gasteiger partial charge in [-0.15, -0.1) is 0 Å². The van der Waals surface area contributed by atoms with Crippen molar-refractivity contribution in [2.75, 3.05) is 6.54 Å². The van der Waals surface area contributed by atoms with Crippen LogP contribution in [0.4, 0.5) is 0 Å². The van der Waals surface area contributed by atoms with Gasteiger partial charge in [-0.1, -0.05) is 48.5 Å². The Balaban J connectivity index is 2.00. The van der Waals surface area contributed by atoms with E-state index in [9.17, 15) is 0 Å². The Labute approximate surface area is 115 Å². The summed E-state index contributed by atoms with van der Waals surface area (Å²) in [5.41, 5.74) is 11.5. The Hall–Kier alpha value is -1.60. The third kappa shape index (κ3) is 2.57. The van der Waals surface area contributed by atoms with Crippen LogP contribution < -0.4 is 5.73 Å². The first-order chi connectivity index (χ1) is 9.38. The van der Waals surface area contributed by atoms with E-state index in [0.29, 0.717) is 5.92 Å². The molecule has 0 fully saturated rings. The van der Waals surface area contributed by atoms with Crippen molar-refractivity contribution in [3.63, 3.8) is 0 Å². The highest BCUT2D eigenvalue weighted by Crippen LogP contribution is 2.36. The van der Waals surface area contributed by atoms with Crippen LogP contribution in [-0.2, 0) is 6.42 Å². The van der Waals surface area contributed by atoms with Crippen LogP contribution in [0.5, 0.6) is 0 Å². The maximum Gasteiger partial charge on any atom is -0.00714 e. The molecule has 2 aromatic rings. The fourth-order valence-corrected chi connectivity index (χ4v) is 3.21. The highest BCUT2D eigenvalue weighted by Gasteiger charge is 2.19. The molecule has 3 rings (SSSR count). The van der Waals surface area contributed by atoms with Crippen molar-refractivity contribution in [2.45, 2.75) is 31.6 Å². The number of hydrogen-bond acceptors (Lipinski definition) is 1. The minimum Gasteiger partial charge on any atom is -0.330 e. The van der Waals surface area contributed by atoms with Crippen LogP contribution in [0.1, 0.15) is 36.3 Å². The molecule has 1 aliphatic carbocycles. The van der Waals surface area contributed by atoms with E-state index in [2.05, 4.69) is 48.5 Å². The van der Waals surface area contributed by atoms with Crippen molar-refractivity contribution in [1.82, 2.24) is 0 Å². The molecule has 1 heteroatoms. The molecule has 1 nitrogen and oxygen atoms in total. The lowest BCUT2D eigenvalue weighted by atomic mass is 9.80. The fraction of sp³-hybridized carbons (Fsp3) is 0.333. The predicted molar refractivity (Wildman–Crippen MR) is 81.2 cm³/mol. The lowest BCUT2D eigenvalue weighted by Gasteiger charge is -2.26. The minimum atomic E-state index is 0.664. The quantitative estimate of drug-likeness (QED) is 0.872. The normalized spacial score (nSPS) is 18.1. The molecular weight excluding hydrogens is 230 g/mol. The van der Waals surface area contributed by atoms with Gasteiger partial charge < -0.3 is 5.73 Å². The number of aryl methyl sites for hydroxylation is 1. The zero-order chi connectivity index (χ0) is 13.1. The highest BCUT2D eigenvalue weighted by molar-refractivity contribution is 5.65. The van der Waals surface area contributed by atoms with E-state index in [1.165, 1.54) is 41.5 Å². The molecule has 0 amide bonds. The molecule has 0 saturated carbocycles. The molecule has 19 heavy (non-hydrogen) atoms. The van der Waals surface area contributed by atoms with E-state index in [0.717, 1.165) is 13.0 Å². The Morgan fingerprint density at radius 2 is 1.84 bits per heavy atom. The maximum absolute atomic E-state index is 5.77. The van der Waals surface area contributed by atoms with Crippen molar-refractivity contribution in [3.8, 4) is 11.1 Å². The Morgan fingerprint density at radius 3 is 2.63 bits per heavy atom. The first kappa shape index (κ1) is 12.4. The van der Waals surface area contributed by atoms with Crippen molar-refractivity contribution in [1.29, 1.82) is 0 Å². The summed E-state index contributed by atoms with van der Waals surface area (Å²) in [4.78, 5) is 0. The Kier molecular flexibility index (Phi) is 3.65. The molecule has 0 aliphatic heterocycles. The summed E-state index contributed by atoms with van der Waals surface area (Å²) in [5, 5.41) is 0. The lowest BCUT2D eigenvalue weighted by Crippen LogP contribution is -2.13. The Bertz CT molecular complexity index is 545. The van der Waals surface area contributed by atoms with E-state index in [1.807, 2.05) is 0 Å². The van der Waals surface area contributed by atoms with Crippen molar-refractivity contribution >= 4 is 0 Å². The molecule has 0 radical (unpaired) electrons. The van der Waals surface area contributed by atoms with Crippen LogP contribution in [-0.4, -0.2) is 6.54 Å². The van der Waals surface area contributed by atoms with Crippen LogP contribution in [0.3, 0.4) is 0 Å². The molecule has 0 saturated heterocycles. The third-order valence-electron chi connectivity index (χ3n) is 4.21. The molecule has 0 spiro atoms. The molecule has 2 aromatic carbocycles. The average Bonchev–Trinajstić information content (AvgIpc) is 2.48. The molecule has 1 unspecified atom stereocenters. The zero-order valence-electron chi connectivity index (χ0n) is 11.3. The second kappa shape index (κ2) is 5.58. The van der Waals surface area contributed by atoms with Gasteiger partial charge in [0.05, 0.1) is 0 Å². The number of benzene rings is 2. The monoisotopic (exact) mass is 251 g/mol. The maximum atomic E-state index is 5.77. The molecule has 0 bridgehead atoms. The van der Waals surface area contributed by atoms with Crippen LogP contribution in [0, 0.1) is 0 Å². The van der Waals surface area contributed by atoms with Crippen LogP contribution >= 0.6 is 0 Å². The average molecular weight is 251 g/mol. The molecule has 2 N–H and O–H groups in total. The molecular formula is C18H21N. The first-order valence-electron chi connectivity index (χ1n) is 7.27. The van der Waals surface area contributed by atoms with E-state index in [1.54, 1.807) is 0 Å². The van der Waals surface area contributed by atoms with Gasteiger partial charge in [-0.3, -0.25) is 0 Å². The summed E-state index contributed by atoms with van der Waals surface area (Å²) in [7, 11) is 0. The highest BCUT2D eigenvalue weighted by atomic mass is 14.5. The van der Waals surface area contributed by atoms with Gasteiger partial charge in [0.15, 0.2) is 0 Å². The summed E-state index contributed by atoms with van der Waals surface area (Å²) in [6.07, 6.45) is 4.95. The summed E-state index contributed by atoms with van der Waals surface area (Å²) < 4.78 is 0. The van der Waals surface area contributed by atoms with Crippen molar-refractivity contribution < 1.29 is 0 Å².